The second-order valence-electron chi connectivity index (χ2n) is 6.27. The van der Waals surface area contributed by atoms with Crippen molar-refractivity contribution in [2.24, 2.45) is 0 Å². The number of nitrogens with one attached hydrogen (secondary N) is 1. The number of para-hydroxylation sites is 1. The van der Waals surface area contributed by atoms with Crippen molar-refractivity contribution in [3.8, 4) is 0 Å². The molecule has 1 N–H and O–H groups in total. The summed E-state index contributed by atoms with van der Waals surface area (Å²) in [4.78, 5) is 37.1. The number of hydrogen-bond acceptors (Lipinski definition) is 9. The van der Waals surface area contributed by atoms with Crippen molar-refractivity contribution in [1.82, 2.24) is 20.2 Å². The molecular weight excluding hydrogens is 392 g/mol. The number of carbonyl (C=O) groups is 2. The van der Waals surface area contributed by atoms with Crippen LogP contribution < -0.4 is 5.32 Å². The second kappa shape index (κ2) is 7.54. The predicted molar refractivity (Wildman–Crippen MR) is 102 cm³/mol. The van der Waals surface area contributed by atoms with Gasteiger partial charge >= 0.3 is 5.97 Å². The molecule has 1 aliphatic heterocycles. The summed E-state index contributed by atoms with van der Waals surface area (Å²) in [7, 11) is 1.17. The van der Waals surface area contributed by atoms with Crippen LogP contribution in [0.1, 0.15) is 22.0 Å². The molecule has 2 heterocycles. The van der Waals surface area contributed by atoms with Gasteiger partial charge in [-0.15, -0.1) is 0 Å². The van der Waals surface area contributed by atoms with Crippen LogP contribution >= 0.6 is 0 Å². The fourth-order valence-electron chi connectivity index (χ4n) is 3.31. The third-order valence-corrected chi connectivity index (χ3v) is 4.62. The molecule has 4 rings (SSSR count). The molecule has 1 aliphatic rings. The van der Waals surface area contributed by atoms with Crippen LogP contribution in [-0.2, 0) is 9.53 Å². The molecular formula is C19H14N6O5. The minimum atomic E-state index is -1.13. The molecule has 30 heavy (non-hydrogen) atoms. The summed E-state index contributed by atoms with van der Waals surface area (Å²) in [5.41, 5.74) is -0.0542. The number of anilines is 1. The molecule has 11 nitrogen and oxygen atoms in total. The fourth-order valence-corrected chi connectivity index (χ4v) is 3.31. The first-order chi connectivity index (χ1) is 14.5. The first-order valence-electron chi connectivity index (χ1n) is 8.73. The molecule has 0 aliphatic carbocycles. The summed E-state index contributed by atoms with van der Waals surface area (Å²) < 4.78 is 6.06. The number of aromatic nitrogens is 4. The van der Waals surface area contributed by atoms with Gasteiger partial charge in [-0.05, 0) is 16.5 Å². The minimum absolute atomic E-state index is 0.0446. The lowest BCUT2D eigenvalue weighted by Gasteiger charge is -2.27. The number of esters is 1. The third-order valence-electron chi connectivity index (χ3n) is 4.62. The highest BCUT2D eigenvalue weighted by molar-refractivity contribution is 6.15. The molecule has 0 bridgehead atoms. The van der Waals surface area contributed by atoms with Crippen LogP contribution in [-0.4, -0.2) is 44.0 Å². The maximum absolute atomic E-state index is 13.5. The van der Waals surface area contributed by atoms with E-state index in [-0.39, 0.29) is 34.0 Å². The Morgan fingerprint density at radius 3 is 2.53 bits per heavy atom. The molecule has 1 atom stereocenters. The molecule has 11 heteroatoms. The van der Waals surface area contributed by atoms with E-state index in [2.05, 4.69) is 20.8 Å². The zero-order valence-corrected chi connectivity index (χ0v) is 15.6. The van der Waals surface area contributed by atoms with E-state index in [0.717, 1.165) is 0 Å². The van der Waals surface area contributed by atoms with Crippen LogP contribution in [0.5, 0.6) is 0 Å². The first-order valence-corrected chi connectivity index (χ1v) is 8.73. The van der Waals surface area contributed by atoms with Crippen molar-refractivity contribution < 1.29 is 19.2 Å². The molecule has 2 aromatic carbocycles. The first kappa shape index (κ1) is 18.9. The molecule has 3 aromatic rings. The number of fused-ring (bicyclic) bond motifs is 1. The largest absolute Gasteiger partial charge is 0.464 e. The van der Waals surface area contributed by atoms with E-state index in [1.165, 1.54) is 30.0 Å². The number of benzene rings is 2. The minimum Gasteiger partial charge on any atom is -0.464 e. The Morgan fingerprint density at radius 2 is 1.83 bits per heavy atom. The quantitative estimate of drug-likeness (QED) is 0.291. The van der Waals surface area contributed by atoms with E-state index in [1.807, 2.05) is 0 Å². The number of Topliss-reactive ketones (excluding diaryl/α,β-unsaturated/α-hetero) is 1. The number of allylic oxidation sites excluding steroid dienone is 1. The average molecular weight is 406 g/mol. The third kappa shape index (κ3) is 3.07. The van der Waals surface area contributed by atoms with Crippen LogP contribution in [0.4, 0.5) is 11.6 Å². The monoisotopic (exact) mass is 406 g/mol. The average Bonchev–Trinajstić information content (AvgIpc) is 3.25. The van der Waals surface area contributed by atoms with E-state index in [1.54, 1.807) is 36.4 Å². The number of nitro groups is 1. The van der Waals surface area contributed by atoms with Gasteiger partial charge in [0.15, 0.2) is 5.78 Å². The highest BCUT2D eigenvalue weighted by Crippen LogP contribution is 2.39. The number of nitrogens with zero attached hydrogens (tertiary/aromatic N) is 5. The summed E-state index contributed by atoms with van der Waals surface area (Å²) in [5, 5.41) is 25.7. The maximum atomic E-state index is 13.5. The van der Waals surface area contributed by atoms with Crippen molar-refractivity contribution in [3.63, 3.8) is 0 Å². The fraction of sp³-hybridized carbons (Fsp3) is 0.105. The van der Waals surface area contributed by atoms with Gasteiger partial charge in [0.25, 0.3) is 5.69 Å². The van der Waals surface area contributed by atoms with Gasteiger partial charge in [-0.1, -0.05) is 47.6 Å². The van der Waals surface area contributed by atoms with Crippen molar-refractivity contribution >= 4 is 23.4 Å². The van der Waals surface area contributed by atoms with E-state index in [4.69, 9.17) is 4.74 Å². The maximum Gasteiger partial charge on any atom is 0.355 e. The summed E-state index contributed by atoms with van der Waals surface area (Å²) in [6.45, 7) is 0. The van der Waals surface area contributed by atoms with Crippen molar-refractivity contribution in [3.05, 3.63) is 87.1 Å². The molecule has 0 unspecified atom stereocenters. The number of hydrogen-bond donors (Lipinski definition) is 1. The van der Waals surface area contributed by atoms with E-state index in [0.29, 0.717) is 0 Å². The summed E-state index contributed by atoms with van der Waals surface area (Å²) in [6, 6.07) is 13.0. The highest BCUT2D eigenvalue weighted by atomic mass is 16.6. The Hall–Kier alpha value is -4.41. The van der Waals surface area contributed by atoms with Gasteiger partial charge in [-0.25, -0.2) is 4.79 Å². The Balaban J connectivity index is 2.02. The van der Waals surface area contributed by atoms with Gasteiger partial charge in [0, 0.05) is 11.6 Å². The van der Waals surface area contributed by atoms with E-state index < -0.39 is 22.7 Å². The smallest absolute Gasteiger partial charge is 0.355 e. The molecule has 0 saturated carbocycles. The summed E-state index contributed by atoms with van der Waals surface area (Å²) in [5.74, 6) is -1.30. The van der Waals surface area contributed by atoms with Gasteiger partial charge in [0.2, 0.25) is 5.95 Å². The number of ketones is 1. The zero-order chi connectivity index (χ0) is 21.3. The lowest BCUT2D eigenvalue weighted by atomic mass is 9.88. The Bertz CT molecular complexity index is 1190. The van der Waals surface area contributed by atoms with Crippen molar-refractivity contribution in [2.45, 2.75) is 6.04 Å². The molecule has 0 fully saturated rings. The Labute approximate surface area is 169 Å². The van der Waals surface area contributed by atoms with Gasteiger partial charge < -0.3 is 10.1 Å². The van der Waals surface area contributed by atoms with Crippen LogP contribution in [0, 0.1) is 10.1 Å². The van der Waals surface area contributed by atoms with Gasteiger partial charge in [-0.2, -0.15) is 4.68 Å². The SMILES string of the molecule is COC(=O)C1=C(C(=O)c2ccccc2)[C@@H](c2ccccc2[N+](=O)[O-])n2nnnc2N1. The normalized spacial score (nSPS) is 15.2. The van der Waals surface area contributed by atoms with E-state index in [9.17, 15) is 19.7 Å². The van der Waals surface area contributed by atoms with Gasteiger partial charge in [0.1, 0.15) is 11.7 Å². The molecule has 0 radical (unpaired) electrons. The highest BCUT2D eigenvalue weighted by Gasteiger charge is 2.41. The predicted octanol–water partition coefficient (Wildman–Crippen LogP) is 1.91. The van der Waals surface area contributed by atoms with Crippen molar-refractivity contribution in [1.29, 1.82) is 0 Å². The van der Waals surface area contributed by atoms with Crippen molar-refractivity contribution in [2.75, 3.05) is 12.4 Å². The van der Waals surface area contributed by atoms with E-state index >= 15 is 0 Å². The Morgan fingerprint density at radius 1 is 1.13 bits per heavy atom. The number of methoxy groups -OCH3 is 1. The lowest BCUT2D eigenvalue weighted by Crippen LogP contribution is -2.33. The number of nitro benzene ring substituents is 1. The summed E-state index contributed by atoms with van der Waals surface area (Å²) >= 11 is 0. The molecule has 150 valence electrons. The van der Waals surface area contributed by atoms with Crippen LogP contribution in [0.3, 0.4) is 0 Å². The van der Waals surface area contributed by atoms with Crippen LogP contribution in [0.15, 0.2) is 65.9 Å². The topological polar surface area (TPSA) is 142 Å². The molecule has 1 aromatic heterocycles. The molecule has 0 spiro atoms. The number of carbonyl (C=O) groups excluding carboxylic acids is 2. The van der Waals surface area contributed by atoms with Crippen LogP contribution in [0.2, 0.25) is 0 Å². The number of ether oxygens (including phenoxy) is 1. The summed E-state index contributed by atoms with van der Waals surface area (Å²) in [6.07, 6.45) is 0. The molecule has 0 saturated heterocycles. The number of tetrazole rings is 1. The standard InChI is InChI=1S/C19H14N6O5/c1-30-18(27)15-14(17(26)11-7-3-2-4-8-11)16(24-19(20-15)21-22-23-24)12-9-5-6-10-13(12)25(28)29/h2-10,16H,1H3,(H,20,21,23)/t16-/m1/s1. The van der Waals surface area contributed by atoms with Gasteiger partial charge in [-0.3, -0.25) is 14.9 Å². The number of rotatable bonds is 5. The zero-order valence-electron chi connectivity index (χ0n) is 15.6. The lowest BCUT2D eigenvalue weighted by molar-refractivity contribution is -0.385. The molecule has 0 amide bonds. The van der Waals surface area contributed by atoms with Crippen LogP contribution in [0.25, 0.3) is 0 Å². The van der Waals surface area contributed by atoms with Gasteiger partial charge in [0.05, 0.1) is 23.2 Å². The Kier molecular flexibility index (Phi) is 4.76. The second-order valence-corrected chi connectivity index (χ2v) is 6.27.